The van der Waals surface area contributed by atoms with Gasteiger partial charge in [0.15, 0.2) is 0 Å². The third kappa shape index (κ3) is 3.48. The Morgan fingerprint density at radius 2 is 2.46 bits per heavy atom. The van der Waals surface area contributed by atoms with Crippen molar-refractivity contribution in [1.29, 1.82) is 0 Å². The van der Waals surface area contributed by atoms with Crippen molar-refractivity contribution in [2.45, 2.75) is 26.3 Å². The van der Waals surface area contributed by atoms with Gasteiger partial charge in [-0.25, -0.2) is 0 Å². The topological polar surface area (TPSA) is 38.4 Å². The second-order valence-corrected chi connectivity index (χ2v) is 4.60. The fraction of sp³-hybridized carbons (Fsp3) is 0.444. The molecule has 0 fully saturated rings. The van der Waals surface area contributed by atoms with Gasteiger partial charge in [0.1, 0.15) is 0 Å². The molecule has 0 bridgehead atoms. The first-order chi connectivity index (χ1) is 6.24. The molecule has 72 valence electrons. The number of rotatable bonds is 4. The Morgan fingerprint density at radius 1 is 1.69 bits per heavy atom. The van der Waals surface area contributed by atoms with Crippen molar-refractivity contribution in [1.82, 2.24) is 0 Å². The molecule has 4 heteroatoms. The largest absolute Gasteiger partial charge is 0.387 e. The van der Waals surface area contributed by atoms with E-state index in [2.05, 4.69) is 27.8 Å². The van der Waals surface area contributed by atoms with E-state index in [1.165, 1.54) is 4.88 Å². The van der Waals surface area contributed by atoms with Crippen LogP contribution in [0.5, 0.6) is 0 Å². The minimum absolute atomic E-state index is 0.698. The molecule has 0 atom stereocenters. The van der Waals surface area contributed by atoms with Gasteiger partial charge in [-0.05, 0) is 33.8 Å². The first-order valence-corrected chi connectivity index (χ1v) is 5.92. The lowest BCUT2D eigenvalue weighted by Crippen LogP contribution is -2.10. The van der Waals surface area contributed by atoms with Crippen LogP contribution in [0.4, 0.5) is 0 Å². The fourth-order valence-corrected chi connectivity index (χ4v) is 2.35. The van der Waals surface area contributed by atoms with Crippen molar-refractivity contribution in [2.24, 2.45) is 10.7 Å². The first kappa shape index (κ1) is 10.7. The van der Waals surface area contributed by atoms with Crippen LogP contribution in [0.25, 0.3) is 0 Å². The Labute approximate surface area is 91.0 Å². The maximum atomic E-state index is 5.69. The fourth-order valence-electron chi connectivity index (χ4n) is 0.946. The van der Waals surface area contributed by atoms with Crippen molar-refractivity contribution in [3.05, 3.63) is 20.8 Å². The number of halogens is 1. The van der Waals surface area contributed by atoms with Crippen molar-refractivity contribution in [2.75, 3.05) is 0 Å². The molecule has 0 aliphatic rings. The van der Waals surface area contributed by atoms with Crippen LogP contribution in [-0.2, 0) is 6.54 Å². The minimum atomic E-state index is 0.698. The van der Waals surface area contributed by atoms with Crippen LogP contribution in [-0.4, -0.2) is 5.84 Å². The van der Waals surface area contributed by atoms with E-state index in [1.54, 1.807) is 11.3 Å². The molecule has 0 spiro atoms. The molecule has 0 aliphatic heterocycles. The normalized spacial score (nSPS) is 12.0. The lowest BCUT2D eigenvalue weighted by molar-refractivity contribution is 0.958. The van der Waals surface area contributed by atoms with Crippen LogP contribution in [0, 0.1) is 0 Å². The summed E-state index contributed by atoms with van der Waals surface area (Å²) in [5.74, 6) is 0.753. The van der Waals surface area contributed by atoms with E-state index < -0.39 is 0 Å². The third-order valence-corrected chi connectivity index (χ3v) is 3.53. The molecular weight excluding hydrogens is 248 g/mol. The molecule has 0 unspecified atom stereocenters. The molecule has 2 N–H and O–H groups in total. The van der Waals surface area contributed by atoms with Gasteiger partial charge in [0.2, 0.25) is 0 Å². The van der Waals surface area contributed by atoms with Crippen molar-refractivity contribution in [3.8, 4) is 0 Å². The standard InChI is InChI=1S/C9H13BrN2S/c1-2-3-9(11)12-6-8-7(10)4-5-13-8/h4-5H,2-3,6H2,1H3,(H2,11,12). The van der Waals surface area contributed by atoms with E-state index in [9.17, 15) is 0 Å². The zero-order valence-electron chi connectivity index (χ0n) is 7.59. The summed E-state index contributed by atoms with van der Waals surface area (Å²) in [5, 5.41) is 2.05. The lowest BCUT2D eigenvalue weighted by atomic mass is 10.3. The van der Waals surface area contributed by atoms with Crippen LogP contribution < -0.4 is 5.73 Å². The molecule has 13 heavy (non-hydrogen) atoms. The molecule has 0 aliphatic carbocycles. The van der Waals surface area contributed by atoms with Gasteiger partial charge in [-0.3, -0.25) is 4.99 Å². The average Bonchev–Trinajstić information content (AvgIpc) is 2.48. The summed E-state index contributed by atoms with van der Waals surface area (Å²) in [6.45, 7) is 2.80. The van der Waals surface area contributed by atoms with Gasteiger partial charge >= 0.3 is 0 Å². The van der Waals surface area contributed by atoms with Crippen LogP contribution in [0.3, 0.4) is 0 Å². The van der Waals surface area contributed by atoms with Gasteiger partial charge in [-0.15, -0.1) is 11.3 Å². The van der Waals surface area contributed by atoms with Gasteiger partial charge in [0.05, 0.1) is 12.4 Å². The summed E-state index contributed by atoms with van der Waals surface area (Å²) in [5.41, 5.74) is 5.69. The van der Waals surface area contributed by atoms with Gasteiger partial charge in [-0.1, -0.05) is 6.92 Å². The highest BCUT2D eigenvalue weighted by Gasteiger charge is 1.99. The number of amidine groups is 1. The molecule has 1 aromatic heterocycles. The van der Waals surface area contributed by atoms with E-state index >= 15 is 0 Å². The first-order valence-electron chi connectivity index (χ1n) is 4.24. The number of nitrogens with two attached hydrogens (primary N) is 1. The number of aliphatic imine (C=N–C) groups is 1. The maximum Gasteiger partial charge on any atom is 0.0941 e. The maximum absolute atomic E-state index is 5.69. The molecule has 0 amide bonds. The van der Waals surface area contributed by atoms with Crippen LogP contribution in [0.1, 0.15) is 24.6 Å². The molecule has 1 rings (SSSR count). The van der Waals surface area contributed by atoms with Crippen molar-refractivity contribution < 1.29 is 0 Å². The average molecular weight is 261 g/mol. The smallest absolute Gasteiger partial charge is 0.0941 e. The number of nitrogens with zero attached hydrogens (tertiary/aromatic N) is 1. The van der Waals surface area contributed by atoms with E-state index in [0.717, 1.165) is 23.1 Å². The molecule has 1 heterocycles. The van der Waals surface area contributed by atoms with E-state index in [1.807, 2.05) is 11.4 Å². The van der Waals surface area contributed by atoms with Crippen LogP contribution in [0.2, 0.25) is 0 Å². The second kappa shape index (κ2) is 5.40. The molecule has 0 saturated heterocycles. The predicted molar refractivity (Wildman–Crippen MR) is 62.3 cm³/mol. The minimum Gasteiger partial charge on any atom is -0.387 e. The van der Waals surface area contributed by atoms with Crippen molar-refractivity contribution >= 4 is 33.1 Å². The highest BCUT2D eigenvalue weighted by atomic mass is 79.9. The summed E-state index contributed by atoms with van der Waals surface area (Å²) in [6.07, 6.45) is 1.95. The summed E-state index contributed by atoms with van der Waals surface area (Å²) in [6, 6.07) is 2.03. The Morgan fingerprint density at radius 3 is 3.00 bits per heavy atom. The van der Waals surface area contributed by atoms with Crippen molar-refractivity contribution in [3.63, 3.8) is 0 Å². The summed E-state index contributed by atoms with van der Waals surface area (Å²) in [4.78, 5) is 5.53. The highest BCUT2D eigenvalue weighted by Crippen LogP contribution is 2.23. The molecule has 0 saturated carbocycles. The zero-order valence-corrected chi connectivity index (χ0v) is 9.99. The van der Waals surface area contributed by atoms with Gasteiger partial charge < -0.3 is 5.73 Å². The van der Waals surface area contributed by atoms with E-state index in [-0.39, 0.29) is 0 Å². The summed E-state index contributed by atoms with van der Waals surface area (Å²) in [7, 11) is 0. The highest BCUT2D eigenvalue weighted by molar-refractivity contribution is 9.10. The quantitative estimate of drug-likeness (QED) is 0.656. The Balaban J connectivity index is 2.51. The second-order valence-electron chi connectivity index (χ2n) is 2.75. The number of hydrogen-bond donors (Lipinski definition) is 1. The number of hydrogen-bond acceptors (Lipinski definition) is 2. The van der Waals surface area contributed by atoms with Gasteiger partial charge in [-0.2, -0.15) is 0 Å². The van der Waals surface area contributed by atoms with Crippen LogP contribution >= 0.6 is 27.3 Å². The summed E-state index contributed by atoms with van der Waals surface area (Å²) < 4.78 is 1.13. The molecule has 0 radical (unpaired) electrons. The lowest BCUT2D eigenvalue weighted by Gasteiger charge is -1.97. The van der Waals surface area contributed by atoms with Crippen LogP contribution in [0.15, 0.2) is 20.9 Å². The molecular formula is C9H13BrN2S. The third-order valence-electron chi connectivity index (χ3n) is 1.62. The van der Waals surface area contributed by atoms with Gasteiger partial charge in [0, 0.05) is 15.8 Å². The number of thiophene rings is 1. The van der Waals surface area contributed by atoms with Gasteiger partial charge in [0.25, 0.3) is 0 Å². The SMILES string of the molecule is CCCC(N)=NCc1sccc1Br. The Hall–Kier alpha value is -0.350. The molecule has 0 aromatic carbocycles. The Bertz CT molecular complexity index is 294. The monoisotopic (exact) mass is 260 g/mol. The molecule has 2 nitrogen and oxygen atoms in total. The van der Waals surface area contributed by atoms with E-state index in [0.29, 0.717) is 6.54 Å². The predicted octanol–water partition coefficient (Wildman–Crippen LogP) is 3.17. The van der Waals surface area contributed by atoms with E-state index in [4.69, 9.17) is 5.73 Å². The summed E-state index contributed by atoms with van der Waals surface area (Å²) >= 11 is 5.16. The Kier molecular flexibility index (Phi) is 4.45. The molecule has 1 aromatic rings. The zero-order chi connectivity index (χ0) is 9.68.